The Balaban J connectivity index is 1.67. The molecule has 0 saturated carbocycles. The van der Waals surface area contributed by atoms with Gasteiger partial charge in [0.25, 0.3) is 0 Å². The molecule has 25 heavy (non-hydrogen) atoms. The van der Waals surface area contributed by atoms with Crippen molar-refractivity contribution < 1.29 is 22.4 Å². The Labute approximate surface area is 146 Å². The SMILES string of the molecule is O=C(Cc1ccccc1Cl)N1CCCC(c2nnc(C(F)(F)F)o2)C1. The molecule has 134 valence electrons. The van der Waals surface area contributed by atoms with E-state index in [0.717, 1.165) is 0 Å². The number of carbonyl (C=O) groups excluding carboxylic acids is 1. The van der Waals surface area contributed by atoms with Crippen LogP contribution < -0.4 is 0 Å². The van der Waals surface area contributed by atoms with Crippen molar-refractivity contribution in [3.05, 3.63) is 46.6 Å². The summed E-state index contributed by atoms with van der Waals surface area (Å²) < 4.78 is 42.5. The van der Waals surface area contributed by atoms with Crippen LogP contribution in [-0.2, 0) is 17.4 Å². The van der Waals surface area contributed by atoms with Gasteiger partial charge in [-0.2, -0.15) is 13.2 Å². The van der Waals surface area contributed by atoms with Crippen LogP contribution in [0, 0.1) is 0 Å². The molecule has 2 aromatic rings. The number of rotatable bonds is 3. The predicted octanol–water partition coefficient (Wildman–Crippen LogP) is 3.69. The summed E-state index contributed by atoms with van der Waals surface area (Å²) in [6, 6.07) is 7.06. The summed E-state index contributed by atoms with van der Waals surface area (Å²) in [5, 5.41) is 7.06. The van der Waals surface area contributed by atoms with Crippen LogP contribution in [0.4, 0.5) is 13.2 Å². The van der Waals surface area contributed by atoms with Crippen molar-refractivity contribution in [3.63, 3.8) is 0 Å². The van der Waals surface area contributed by atoms with Crippen LogP contribution >= 0.6 is 11.6 Å². The van der Waals surface area contributed by atoms with Crippen molar-refractivity contribution in [2.24, 2.45) is 0 Å². The number of hydrogen-bond acceptors (Lipinski definition) is 4. The van der Waals surface area contributed by atoms with Gasteiger partial charge in [-0.15, -0.1) is 10.2 Å². The molecule has 3 rings (SSSR count). The second-order valence-corrected chi connectivity index (χ2v) is 6.30. The molecule has 1 saturated heterocycles. The number of benzene rings is 1. The van der Waals surface area contributed by atoms with Crippen molar-refractivity contribution in [2.45, 2.75) is 31.4 Å². The maximum absolute atomic E-state index is 12.6. The number of hydrogen-bond donors (Lipinski definition) is 0. The Hall–Kier alpha value is -2.09. The van der Waals surface area contributed by atoms with E-state index < -0.39 is 18.0 Å². The molecule has 1 aliphatic heterocycles. The third-order valence-corrected chi connectivity index (χ3v) is 4.47. The van der Waals surface area contributed by atoms with Crippen molar-refractivity contribution >= 4 is 17.5 Å². The van der Waals surface area contributed by atoms with Gasteiger partial charge in [-0.3, -0.25) is 4.79 Å². The smallest absolute Gasteiger partial charge is 0.417 e. The van der Waals surface area contributed by atoms with Crippen molar-refractivity contribution in [3.8, 4) is 0 Å². The number of piperidine rings is 1. The molecule has 1 unspecified atom stereocenters. The summed E-state index contributed by atoms with van der Waals surface area (Å²) >= 11 is 6.07. The molecule has 1 aromatic carbocycles. The zero-order chi connectivity index (χ0) is 18.0. The summed E-state index contributed by atoms with van der Waals surface area (Å²) in [5.41, 5.74) is 0.716. The quantitative estimate of drug-likeness (QED) is 0.823. The fraction of sp³-hybridized carbons (Fsp3) is 0.438. The van der Waals surface area contributed by atoms with Gasteiger partial charge in [0.1, 0.15) is 0 Å². The Kier molecular flexibility index (Phi) is 4.99. The number of halogens is 4. The van der Waals surface area contributed by atoms with Crippen LogP contribution in [0.2, 0.25) is 5.02 Å². The molecule has 1 aromatic heterocycles. The number of nitrogens with zero attached hydrogens (tertiary/aromatic N) is 3. The average Bonchev–Trinajstić information content (AvgIpc) is 3.07. The number of amides is 1. The summed E-state index contributed by atoms with van der Waals surface area (Å²) in [4.78, 5) is 14.1. The van der Waals surface area contributed by atoms with Gasteiger partial charge in [0, 0.05) is 18.1 Å². The van der Waals surface area contributed by atoms with Crippen molar-refractivity contribution in [1.82, 2.24) is 15.1 Å². The lowest BCUT2D eigenvalue weighted by Gasteiger charge is -2.31. The molecule has 5 nitrogen and oxygen atoms in total. The van der Waals surface area contributed by atoms with Gasteiger partial charge >= 0.3 is 12.1 Å². The van der Waals surface area contributed by atoms with E-state index in [1.54, 1.807) is 29.2 Å². The number of carbonyl (C=O) groups is 1. The van der Waals surface area contributed by atoms with Gasteiger partial charge < -0.3 is 9.32 Å². The molecule has 0 aliphatic carbocycles. The molecule has 0 radical (unpaired) electrons. The summed E-state index contributed by atoms with van der Waals surface area (Å²) in [6.45, 7) is 0.794. The topological polar surface area (TPSA) is 59.2 Å². The van der Waals surface area contributed by atoms with Crippen molar-refractivity contribution in [2.75, 3.05) is 13.1 Å². The molecule has 2 heterocycles. The van der Waals surface area contributed by atoms with Crippen LogP contribution in [0.25, 0.3) is 0 Å². The highest BCUT2D eigenvalue weighted by Gasteiger charge is 2.39. The number of alkyl halides is 3. The molecule has 1 fully saturated rings. The Morgan fingerprint density at radius 1 is 1.32 bits per heavy atom. The molecular weight excluding hydrogens is 359 g/mol. The van der Waals surface area contributed by atoms with E-state index in [-0.39, 0.29) is 24.8 Å². The first-order valence-electron chi connectivity index (χ1n) is 7.76. The van der Waals surface area contributed by atoms with Gasteiger partial charge in [-0.25, -0.2) is 0 Å². The van der Waals surface area contributed by atoms with E-state index in [0.29, 0.717) is 30.0 Å². The second-order valence-electron chi connectivity index (χ2n) is 5.89. The Morgan fingerprint density at radius 2 is 2.08 bits per heavy atom. The van der Waals surface area contributed by atoms with E-state index in [2.05, 4.69) is 10.2 Å². The van der Waals surface area contributed by atoms with E-state index in [4.69, 9.17) is 16.0 Å². The van der Waals surface area contributed by atoms with Crippen LogP contribution in [-0.4, -0.2) is 34.1 Å². The highest BCUT2D eigenvalue weighted by atomic mass is 35.5. The minimum atomic E-state index is -4.67. The third-order valence-electron chi connectivity index (χ3n) is 4.11. The zero-order valence-electron chi connectivity index (χ0n) is 13.1. The van der Waals surface area contributed by atoms with Crippen LogP contribution in [0.3, 0.4) is 0 Å². The molecule has 0 bridgehead atoms. The minimum absolute atomic E-state index is 0.0810. The zero-order valence-corrected chi connectivity index (χ0v) is 13.8. The van der Waals surface area contributed by atoms with E-state index in [9.17, 15) is 18.0 Å². The van der Waals surface area contributed by atoms with Gasteiger partial charge in [-0.05, 0) is 24.5 Å². The summed E-state index contributed by atoms with van der Waals surface area (Å²) in [7, 11) is 0. The first-order valence-corrected chi connectivity index (χ1v) is 8.14. The van der Waals surface area contributed by atoms with E-state index >= 15 is 0 Å². The van der Waals surface area contributed by atoms with Crippen molar-refractivity contribution in [1.29, 1.82) is 0 Å². The molecule has 1 amide bonds. The number of likely N-dealkylation sites (tertiary alicyclic amines) is 1. The largest absolute Gasteiger partial charge is 0.470 e. The van der Waals surface area contributed by atoms with Crippen LogP contribution in [0.1, 0.15) is 36.1 Å². The van der Waals surface area contributed by atoms with Crippen LogP contribution in [0.5, 0.6) is 0 Å². The van der Waals surface area contributed by atoms with Crippen LogP contribution in [0.15, 0.2) is 28.7 Å². The van der Waals surface area contributed by atoms with Gasteiger partial charge in [0.05, 0.1) is 12.3 Å². The molecular formula is C16H15ClF3N3O2. The lowest BCUT2D eigenvalue weighted by molar-refractivity contribution is -0.157. The molecule has 1 atom stereocenters. The summed E-state index contributed by atoms with van der Waals surface area (Å²) in [5.74, 6) is -1.97. The lowest BCUT2D eigenvalue weighted by atomic mass is 9.97. The first-order chi connectivity index (χ1) is 11.8. The maximum atomic E-state index is 12.6. The lowest BCUT2D eigenvalue weighted by Crippen LogP contribution is -2.40. The fourth-order valence-electron chi connectivity index (χ4n) is 2.84. The molecule has 0 N–H and O–H groups in total. The highest BCUT2D eigenvalue weighted by Crippen LogP contribution is 2.32. The van der Waals surface area contributed by atoms with Gasteiger partial charge in [0.2, 0.25) is 11.8 Å². The maximum Gasteiger partial charge on any atom is 0.470 e. The van der Waals surface area contributed by atoms with Gasteiger partial charge in [-0.1, -0.05) is 29.8 Å². The normalized spacial score (nSPS) is 18.4. The highest BCUT2D eigenvalue weighted by molar-refractivity contribution is 6.31. The minimum Gasteiger partial charge on any atom is -0.417 e. The molecule has 9 heteroatoms. The van der Waals surface area contributed by atoms with E-state index in [1.165, 1.54) is 0 Å². The standard InChI is InChI=1S/C16H15ClF3N3O2/c17-12-6-2-1-4-10(12)8-13(24)23-7-3-5-11(9-23)14-21-22-15(25-14)16(18,19)20/h1-2,4,6,11H,3,5,7-9H2. The first kappa shape index (κ1) is 17.7. The molecule has 1 aliphatic rings. The summed E-state index contributed by atoms with van der Waals surface area (Å²) in [6.07, 6.45) is -3.28. The van der Waals surface area contributed by atoms with Gasteiger partial charge in [0.15, 0.2) is 0 Å². The average molecular weight is 374 g/mol. The molecule has 0 spiro atoms. The second kappa shape index (κ2) is 7.03. The Morgan fingerprint density at radius 3 is 2.76 bits per heavy atom. The Bertz CT molecular complexity index is 763. The van der Waals surface area contributed by atoms with E-state index in [1.807, 2.05) is 0 Å². The third kappa shape index (κ3) is 4.12. The monoisotopic (exact) mass is 373 g/mol. The number of aromatic nitrogens is 2. The predicted molar refractivity (Wildman–Crippen MR) is 83.0 cm³/mol. The fourth-order valence-corrected chi connectivity index (χ4v) is 3.04.